The van der Waals surface area contributed by atoms with Crippen molar-refractivity contribution >= 4 is 11.3 Å². The topological polar surface area (TPSA) is 12.0 Å². The van der Waals surface area contributed by atoms with E-state index in [-0.39, 0.29) is 0 Å². The normalized spacial score (nSPS) is 10.6. The molecular weight excluding hydrogens is 687 g/mol. The molecular formula is C56H83N. The second-order valence-corrected chi connectivity index (χ2v) is 12.9. The average molecular weight is 770 g/mol. The van der Waals surface area contributed by atoms with Crippen LogP contribution >= 0.6 is 0 Å². The van der Waals surface area contributed by atoms with Crippen LogP contribution in [0.1, 0.15) is 138 Å². The van der Waals surface area contributed by atoms with Crippen molar-refractivity contribution in [3.05, 3.63) is 193 Å². The van der Waals surface area contributed by atoms with Crippen LogP contribution in [-0.4, -0.2) is 6.54 Å². The van der Waals surface area contributed by atoms with Crippen LogP contribution in [0.2, 0.25) is 0 Å². The molecule has 0 aliphatic heterocycles. The number of rotatable bonds is 16. The Balaban J connectivity index is -0.000000881. The quantitative estimate of drug-likeness (QED) is 0.0869. The summed E-state index contributed by atoms with van der Waals surface area (Å²) in [5.41, 5.74) is 16.6. The first-order chi connectivity index (χ1) is 27.8. The summed E-state index contributed by atoms with van der Waals surface area (Å²) >= 11 is 0. The molecule has 1 aliphatic carbocycles. The molecule has 0 amide bonds. The molecule has 1 atom stereocenters. The molecule has 1 aliphatic rings. The van der Waals surface area contributed by atoms with Gasteiger partial charge in [-0.15, -0.1) is 31.2 Å². The fourth-order valence-corrected chi connectivity index (χ4v) is 5.30. The van der Waals surface area contributed by atoms with Crippen LogP contribution in [0.25, 0.3) is 5.57 Å². The Morgan fingerprint density at radius 1 is 0.789 bits per heavy atom. The van der Waals surface area contributed by atoms with Crippen molar-refractivity contribution in [2.75, 3.05) is 11.9 Å². The monoisotopic (exact) mass is 770 g/mol. The minimum atomic E-state index is 0.655. The third kappa shape index (κ3) is 32.0. The third-order valence-corrected chi connectivity index (χ3v) is 8.19. The molecule has 0 radical (unpaired) electrons. The molecule has 1 nitrogen and oxygen atoms in total. The Kier molecular flexibility index (Phi) is 42.0. The van der Waals surface area contributed by atoms with E-state index in [1.807, 2.05) is 66.7 Å². The van der Waals surface area contributed by atoms with Gasteiger partial charge in [-0.1, -0.05) is 177 Å². The molecule has 3 aromatic rings. The number of hydrogen-bond acceptors (Lipinski definition) is 1. The van der Waals surface area contributed by atoms with Gasteiger partial charge in [-0.3, -0.25) is 0 Å². The van der Waals surface area contributed by atoms with Gasteiger partial charge in [-0.25, -0.2) is 0 Å². The molecule has 0 heterocycles. The molecule has 1 unspecified atom stereocenters. The van der Waals surface area contributed by atoms with Crippen LogP contribution in [0.3, 0.4) is 0 Å². The molecule has 0 saturated carbocycles. The van der Waals surface area contributed by atoms with Gasteiger partial charge in [0.1, 0.15) is 0 Å². The van der Waals surface area contributed by atoms with E-state index in [1.54, 1.807) is 6.08 Å². The summed E-state index contributed by atoms with van der Waals surface area (Å²) in [4.78, 5) is 0. The number of anilines is 1. The minimum absolute atomic E-state index is 0.655. The van der Waals surface area contributed by atoms with Crippen LogP contribution < -0.4 is 5.32 Å². The Labute approximate surface area is 354 Å². The molecule has 0 bridgehead atoms. The summed E-state index contributed by atoms with van der Waals surface area (Å²) in [6, 6.07) is 29.7. The van der Waals surface area contributed by atoms with Crippen LogP contribution in [0, 0.1) is 5.92 Å². The number of benzene rings is 3. The van der Waals surface area contributed by atoms with Gasteiger partial charge in [0.15, 0.2) is 0 Å². The fourth-order valence-electron chi connectivity index (χ4n) is 5.30. The van der Waals surface area contributed by atoms with E-state index in [1.165, 1.54) is 51.9 Å². The number of hydrogen-bond donors (Lipinski definition) is 1. The molecule has 0 aromatic heterocycles. The highest BCUT2D eigenvalue weighted by molar-refractivity contribution is 5.75. The van der Waals surface area contributed by atoms with Gasteiger partial charge in [0.25, 0.3) is 0 Å². The van der Waals surface area contributed by atoms with E-state index >= 15 is 0 Å². The zero-order valence-corrected chi connectivity index (χ0v) is 38.5. The largest absolute Gasteiger partial charge is 0.385 e. The van der Waals surface area contributed by atoms with E-state index < -0.39 is 0 Å². The Morgan fingerprint density at radius 2 is 1.35 bits per heavy atom. The summed E-state index contributed by atoms with van der Waals surface area (Å²) in [6.45, 7) is 38.3. The number of allylic oxidation sites excluding steroid dienone is 9. The van der Waals surface area contributed by atoms with E-state index in [2.05, 4.69) is 168 Å². The molecule has 0 spiro atoms. The summed E-state index contributed by atoms with van der Waals surface area (Å²) < 4.78 is 0. The first-order valence-corrected chi connectivity index (χ1v) is 21.8. The van der Waals surface area contributed by atoms with Crippen LogP contribution in [0.4, 0.5) is 5.69 Å². The highest BCUT2D eigenvalue weighted by Gasteiger charge is 2.02. The predicted octanol–water partition coefficient (Wildman–Crippen LogP) is 17.7. The highest BCUT2D eigenvalue weighted by Crippen LogP contribution is 2.21. The van der Waals surface area contributed by atoms with Gasteiger partial charge in [0.2, 0.25) is 0 Å². The van der Waals surface area contributed by atoms with E-state index in [9.17, 15) is 0 Å². The smallest absolute Gasteiger partial charge is 0.0340 e. The van der Waals surface area contributed by atoms with Gasteiger partial charge in [0.05, 0.1) is 0 Å². The van der Waals surface area contributed by atoms with E-state index in [0.29, 0.717) is 5.92 Å². The van der Waals surface area contributed by atoms with E-state index in [4.69, 9.17) is 0 Å². The molecule has 4 rings (SSSR count). The van der Waals surface area contributed by atoms with Crippen molar-refractivity contribution in [1.29, 1.82) is 0 Å². The van der Waals surface area contributed by atoms with Crippen molar-refractivity contribution < 1.29 is 0 Å². The maximum atomic E-state index is 3.88. The lowest BCUT2D eigenvalue weighted by Crippen LogP contribution is -2.01. The number of aryl methyl sites for hydroxylation is 2. The standard InChI is InChI=1S/C29H31N.C10H18.C8H10.C3H6.3C2H6/c1-3-25(16-17-26-12-5-4-6-13-26)11-7-8-23-30-29-21-19-28(20-22-29)27-14-9-10-24(2)15-18-27;1-5-7-10(6-2)8-9(3)4;1-2-8-6-4-3-5-7-8;1-3-2;3*1-2/h4-6,9-10,12-13,15,18-22,30H,1,7-8,11,16-17,23H2,2H3;6,10H,2-3,5,7-8H2,1,4H3;3-7H,2H2,1H3;3H,1H2,2H3;3*1-2H3. The summed E-state index contributed by atoms with van der Waals surface area (Å²) in [5, 5.41) is 3.53. The summed E-state index contributed by atoms with van der Waals surface area (Å²) in [7, 11) is 0. The zero-order valence-electron chi connectivity index (χ0n) is 38.5. The molecule has 57 heavy (non-hydrogen) atoms. The van der Waals surface area contributed by atoms with Crippen LogP contribution in [0.15, 0.2) is 176 Å². The van der Waals surface area contributed by atoms with Gasteiger partial charge in [-0.05, 0) is 125 Å². The lowest BCUT2D eigenvalue weighted by molar-refractivity contribution is 0.577. The lowest BCUT2D eigenvalue weighted by atomic mass is 9.97. The van der Waals surface area contributed by atoms with Crippen molar-refractivity contribution in [2.24, 2.45) is 5.92 Å². The summed E-state index contributed by atoms with van der Waals surface area (Å²) in [6.07, 6.45) is 22.3. The maximum Gasteiger partial charge on any atom is 0.0340 e. The van der Waals surface area contributed by atoms with Crippen molar-refractivity contribution in [3.8, 4) is 0 Å². The minimum Gasteiger partial charge on any atom is -0.385 e. The Hall–Kier alpha value is -4.80. The molecule has 1 N–H and O–H groups in total. The van der Waals surface area contributed by atoms with Crippen molar-refractivity contribution in [1.82, 2.24) is 0 Å². The lowest BCUT2D eigenvalue weighted by Gasteiger charge is -2.09. The molecule has 312 valence electrons. The average Bonchev–Trinajstić information content (AvgIpc) is 3.49. The molecule has 3 aromatic carbocycles. The summed E-state index contributed by atoms with van der Waals surface area (Å²) in [5.74, 6) is 0.655. The molecule has 0 saturated heterocycles. The predicted molar refractivity (Wildman–Crippen MR) is 264 cm³/mol. The number of nitrogens with one attached hydrogen (secondary N) is 1. The second-order valence-electron chi connectivity index (χ2n) is 12.9. The first kappa shape index (κ1) is 56.5. The van der Waals surface area contributed by atoms with Gasteiger partial charge in [-0.2, -0.15) is 0 Å². The van der Waals surface area contributed by atoms with Crippen LogP contribution in [0.5, 0.6) is 0 Å². The van der Waals surface area contributed by atoms with Gasteiger partial charge in [0, 0.05) is 17.8 Å². The van der Waals surface area contributed by atoms with Gasteiger partial charge >= 0.3 is 0 Å². The maximum absolute atomic E-state index is 3.88. The van der Waals surface area contributed by atoms with Gasteiger partial charge < -0.3 is 5.32 Å². The molecule has 1 heteroatoms. The van der Waals surface area contributed by atoms with E-state index in [0.717, 1.165) is 57.1 Å². The first-order valence-electron chi connectivity index (χ1n) is 21.8. The fraction of sp³-hybridized carbons (Fsp3) is 0.393. The zero-order chi connectivity index (χ0) is 43.5. The number of unbranched alkanes of at least 4 members (excludes halogenated alkanes) is 1. The third-order valence-electron chi connectivity index (χ3n) is 8.19. The Bertz CT molecular complexity index is 1570. The van der Waals surface area contributed by atoms with Crippen LogP contribution in [-0.2, 0) is 12.8 Å². The van der Waals surface area contributed by atoms with Crippen molar-refractivity contribution in [3.63, 3.8) is 0 Å². The Morgan fingerprint density at radius 3 is 1.82 bits per heavy atom. The SMILES string of the molecule is C=C=C(CCCCNc1ccc(C2=C=CC=C(C)C=C2)cc1)CCc1ccccc1.C=CC.C=CC(CCC)CC(=C)C.CC.CC.CC.CCc1ccccc1. The second kappa shape index (κ2) is 42.3. The highest BCUT2D eigenvalue weighted by atomic mass is 14.9. The molecule has 0 fully saturated rings. The van der Waals surface area contributed by atoms with Crippen molar-refractivity contribution in [2.45, 2.75) is 134 Å².